The monoisotopic (exact) mass is 459 g/mol. The number of ether oxygens (including phenoxy) is 1. The Bertz CT molecular complexity index is 969. The highest BCUT2D eigenvalue weighted by Crippen LogP contribution is 2.38. The molecular formula is C21H17Br2NO. The van der Waals surface area contributed by atoms with Crippen LogP contribution in [0.25, 0.3) is 0 Å². The number of benzene rings is 3. The van der Waals surface area contributed by atoms with Crippen LogP contribution in [0.2, 0.25) is 0 Å². The first kappa shape index (κ1) is 14.4. The standard InChI is InChI=1S/C21H17Br2NO/c22-17-7-4-8-19(14-17)25-21(15-5-2-1-3-6-15)24-12-11-16-13-18(23)9-10-20(16)24/h1-10,13-14,21H,11-12H2/t21-/m0/s1/i12D,21D/t12?,21-. The van der Waals surface area contributed by atoms with Gasteiger partial charge in [-0.25, -0.2) is 0 Å². The SMILES string of the molecule is [2H]C1Cc2cc(Br)ccc2N1[C@@]([2H])(Oc1cccc(Br)c1)c1ccccc1. The minimum atomic E-state index is -1.56. The van der Waals surface area contributed by atoms with Crippen molar-refractivity contribution in [3.63, 3.8) is 0 Å². The molecule has 0 N–H and O–H groups in total. The molecule has 2 atom stereocenters. The first-order chi connectivity index (χ1) is 13.0. The number of anilines is 1. The molecule has 0 saturated heterocycles. The van der Waals surface area contributed by atoms with Crippen LogP contribution in [0.1, 0.15) is 20.1 Å². The molecule has 3 aromatic rings. The third-order valence-corrected chi connectivity index (χ3v) is 5.03. The second-order valence-electron chi connectivity index (χ2n) is 5.76. The van der Waals surface area contributed by atoms with Crippen molar-refractivity contribution in [1.29, 1.82) is 0 Å². The zero-order valence-electron chi connectivity index (χ0n) is 15.3. The van der Waals surface area contributed by atoms with Crippen molar-refractivity contribution in [3.8, 4) is 5.75 Å². The smallest absolute Gasteiger partial charge is 0.198 e. The first-order valence-corrected chi connectivity index (χ1v) is 9.56. The maximum Gasteiger partial charge on any atom is 0.198 e. The topological polar surface area (TPSA) is 12.5 Å². The molecule has 1 aliphatic heterocycles. The van der Waals surface area contributed by atoms with Gasteiger partial charge in [0.15, 0.2) is 6.20 Å². The molecule has 126 valence electrons. The Morgan fingerprint density at radius 3 is 2.56 bits per heavy atom. The highest BCUT2D eigenvalue weighted by Gasteiger charge is 2.28. The lowest BCUT2D eigenvalue weighted by atomic mass is 10.1. The Hall–Kier alpha value is -1.78. The fourth-order valence-electron chi connectivity index (χ4n) is 2.90. The van der Waals surface area contributed by atoms with Crippen LogP contribution < -0.4 is 9.64 Å². The van der Waals surface area contributed by atoms with E-state index in [2.05, 4.69) is 31.9 Å². The number of halogens is 2. The van der Waals surface area contributed by atoms with Crippen molar-refractivity contribution < 1.29 is 7.48 Å². The summed E-state index contributed by atoms with van der Waals surface area (Å²) in [6.07, 6.45) is -1.02. The predicted octanol–water partition coefficient (Wildman–Crippen LogP) is 6.35. The summed E-state index contributed by atoms with van der Waals surface area (Å²) in [7, 11) is 0. The van der Waals surface area contributed by atoms with E-state index in [0.717, 1.165) is 20.2 Å². The minimum Gasteiger partial charge on any atom is -0.466 e. The van der Waals surface area contributed by atoms with E-state index in [1.54, 1.807) is 4.90 Å². The highest BCUT2D eigenvalue weighted by molar-refractivity contribution is 9.10. The van der Waals surface area contributed by atoms with Crippen LogP contribution in [0.3, 0.4) is 0 Å². The number of fused-ring (bicyclic) bond motifs is 1. The van der Waals surface area contributed by atoms with E-state index >= 15 is 0 Å². The normalized spacial score (nSPS) is 19.6. The van der Waals surface area contributed by atoms with Crippen LogP contribution in [0.15, 0.2) is 81.7 Å². The first-order valence-electron chi connectivity index (χ1n) is 9.05. The molecule has 0 fully saturated rings. The summed E-state index contributed by atoms with van der Waals surface area (Å²) in [4.78, 5) is 1.74. The lowest BCUT2D eigenvalue weighted by Gasteiger charge is -2.31. The lowest BCUT2D eigenvalue weighted by molar-refractivity contribution is 0.201. The fraction of sp³-hybridized carbons (Fsp3) is 0.143. The number of aryl methyl sites for hydroxylation is 1. The lowest BCUT2D eigenvalue weighted by Crippen LogP contribution is -2.31. The molecule has 0 bridgehead atoms. The largest absolute Gasteiger partial charge is 0.466 e. The third-order valence-electron chi connectivity index (χ3n) is 4.05. The van der Waals surface area contributed by atoms with Crippen molar-refractivity contribution in [3.05, 3.63) is 92.9 Å². The Balaban J connectivity index is 1.84. The molecule has 4 rings (SSSR count). The molecule has 1 unspecified atom stereocenters. The average molecular weight is 461 g/mol. The molecular weight excluding hydrogens is 442 g/mol. The van der Waals surface area contributed by atoms with Gasteiger partial charge < -0.3 is 9.64 Å². The summed E-state index contributed by atoms with van der Waals surface area (Å²) < 4.78 is 26.1. The Morgan fingerprint density at radius 2 is 1.76 bits per heavy atom. The summed E-state index contributed by atoms with van der Waals surface area (Å²) in [5, 5.41) is 0. The number of hydrogen-bond donors (Lipinski definition) is 0. The molecule has 25 heavy (non-hydrogen) atoms. The molecule has 3 aromatic carbocycles. The van der Waals surface area contributed by atoms with Gasteiger partial charge in [-0.1, -0.05) is 68.3 Å². The maximum atomic E-state index is 9.34. The van der Waals surface area contributed by atoms with Crippen molar-refractivity contribution >= 4 is 37.5 Å². The molecule has 0 aliphatic carbocycles. The van der Waals surface area contributed by atoms with E-state index in [4.69, 9.17) is 6.11 Å². The van der Waals surface area contributed by atoms with Gasteiger partial charge in [0.2, 0.25) is 0 Å². The Kier molecular flexibility index (Phi) is 4.16. The van der Waals surface area contributed by atoms with E-state index in [1.807, 2.05) is 72.8 Å². The zero-order chi connectivity index (χ0) is 19.0. The number of nitrogens with zero attached hydrogens (tertiary/aromatic N) is 1. The van der Waals surface area contributed by atoms with Crippen LogP contribution in [-0.4, -0.2) is 6.52 Å². The van der Waals surface area contributed by atoms with E-state index in [0.29, 0.717) is 17.7 Å². The van der Waals surface area contributed by atoms with E-state index in [-0.39, 0.29) is 0 Å². The van der Waals surface area contributed by atoms with Gasteiger partial charge in [0.05, 0.1) is 0 Å². The fourth-order valence-corrected chi connectivity index (χ4v) is 3.69. The van der Waals surface area contributed by atoms with Gasteiger partial charge in [-0.05, 0) is 48.4 Å². The second kappa shape index (κ2) is 7.22. The molecule has 1 heterocycles. The quantitative estimate of drug-likeness (QED) is 0.449. The zero-order valence-corrected chi connectivity index (χ0v) is 16.5. The number of rotatable bonds is 4. The molecule has 0 radical (unpaired) electrons. The van der Waals surface area contributed by atoms with Crippen molar-refractivity contribution in [2.24, 2.45) is 0 Å². The molecule has 0 spiro atoms. The number of hydrogen-bond acceptors (Lipinski definition) is 2. The van der Waals surface area contributed by atoms with Crippen molar-refractivity contribution in [2.45, 2.75) is 12.6 Å². The van der Waals surface area contributed by atoms with Crippen LogP contribution >= 0.6 is 31.9 Å². The van der Waals surface area contributed by atoms with Crippen LogP contribution in [-0.2, 0) is 6.42 Å². The Morgan fingerprint density at radius 1 is 0.960 bits per heavy atom. The van der Waals surface area contributed by atoms with E-state index in [1.165, 1.54) is 0 Å². The van der Waals surface area contributed by atoms with Crippen LogP contribution in [0, 0.1) is 0 Å². The van der Waals surface area contributed by atoms with Gasteiger partial charge in [0.1, 0.15) is 7.12 Å². The predicted molar refractivity (Wildman–Crippen MR) is 109 cm³/mol. The molecule has 0 saturated carbocycles. The molecule has 2 nitrogen and oxygen atoms in total. The van der Waals surface area contributed by atoms with Gasteiger partial charge in [0.25, 0.3) is 0 Å². The maximum absolute atomic E-state index is 9.34. The Labute approximate surface area is 167 Å². The second-order valence-corrected chi connectivity index (χ2v) is 7.59. The van der Waals surface area contributed by atoms with Gasteiger partial charge >= 0.3 is 0 Å². The van der Waals surface area contributed by atoms with E-state index in [9.17, 15) is 1.37 Å². The molecule has 0 amide bonds. The van der Waals surface area contributed by atoms with Crippen LogP contribution in [0.4, 0.5) is 5.69 Å². The van der Waals surface area contributed by atoms with Crippen molar-refractivity contribution in [2.75, 3.05) is 11.4 Å². The van der Waals surface area contributed by atoms with Gasteiger partial charge in [-0.3, -0.25) is 0 Å². The minimum absolute atomic E-state index is 0.546. The van der Waals surface area contributed by atoms with Gasteiger partial charge in [0, 0.05) is 28.1 Å². The summed E-state index contributed by atoms with van der Waals surface area (Å²) in [5.41, 5.74) is 2.57. The molecule has 1 aliphatic rings. The van der Waals surface area contributed by atoms with E-state index < -0.39 is 12.7 Å². The summed E-state index contributed by atoms with van der Waals surface area (Å²) >= 11 is 6.96. The summed E-state index contributed by atoms with van der Waals surface area (Å²) in [6.45, 7) is -0.612. The van der Waals surface area contributed by atoms with Gasteiger partial charge in [-0.15, -0.1) is 0 Å². The van der Waals surface area contributed by atoms with Crippen molar-refractivity contribution in [1.82, 2.24) is 0 Å². The van der Waals surface area contributed by atoms with Gasteiger partial charge in [-0.2, -0.15) is 0 Å². The molecule has 4 heteroatoms. The third kappa shape index (κ3) is 3.60. The molecule has 0 aromatic heterocycles. The van der Waals surface area contributed by atoms with Crippen LogP contribution in [0.5, 0.6) is 5.75 Å². The highest BCUT2D eigenvalue weighted by atomic mass is 79.9. The average Bonchev–Trinajstić information content (AvgIpc) is 2.97. The summed E-state index contributed by atoms with van der Waals surface area (Å²) in [6, 6.07) is 22.8. The summed E-state index contributed by atoms with van der Waals surface area (Å²) in [5.74, 6) is 0.570.